The molecule has 1 atom stereocenters. The van der Waals surface area contributed by atoms with E-state index in [1.54, 1.807) is 49.4 Å². The first-order chi connectivity index (χ1) is 17.3. The van der Waals surface area contributed by atoms with Crippen LogP contribution in [0.15, 0.2) is 60.7 Å². The maximum Gasteiger partial charge on any atom is 0.346 e. The Morgan fingerprint density at radius 3 is 2.28 bits per heavy atom. The van der Waals surface area contributed by atoms with Crippen LogP contribution < -0.4 is 19.5 Å². The number of rotatable bonds is 10. The third-order valence-corrected chi connectivity index (χ3v) is 5.18. The predicted molar refractivity (Wildman–Crippen MR) is 132 cm³/mol. The molecule has 0 radical (unpaired) electrons. The predicted octanol–water partition coefficient (Wildman–Crippen LogP) is 4.86. The number of nitro benzene ring substituents is 1. The Balaban J connectivity index is 2.00. The van der Waals surface area contributed by atoms with Crippen molar-refractivity contribution < 1.29 is 33.5 Å². The molecule has 0 aliphatic carbocycles. The zero-order chi connectivity index (χ0) is 26.2. The van der Waals surface area contributed by atoms with Crippen LogP contribution in [0, 0.1) is 17.0 Å². The lowest BCUT2D eigenvalue weighted by Crippen LogP contribution is -2.26. The molecule has 36 heavy (non-hydrogen) atoms. The van der Waals surface area contributed by atoms with Crippen LogP contribution >= 0.6 is 0 Å². The molecule has 0 aromatic heterocycles. The van der Waals surface area contributed by atoms with Crippen molar-refractivity contribution in [2.45, 2.75) is 20.0 Å². The van der Waals surface area contributed by atoms with Crippen molar-refractivity contribution in [1.29, 1.82) is 0 Å². The van der Waals surface area contributed by atoms with Crippen molar-refractivity contribution in [2.75, 3.05) is 26.1 Å². The highest BCUT2D eigenvalue weighted by Crippen LogP contribution is 2.36. The summed E-state index contributed by atoms with van der Waals surface area (Å²) in [5, 5.41) is 14.4. The monoisotopic (exact) mass is 494 g/mol. The second kappa shape index (κ2) is 11.7. The molecule has 0 aliphatic heterocycles. The highest BCUT2D eigenvalue weighted by molar-refractivity contribution is 6.00. The average molecular weight is 495 g/mol. The van der Waals surface area contributed by atoms with Gasteiger partial charge in [0.15, 0.2) is 11.5 Å². The van der Waals surface area contributed by atoms with Gasteiger partial charge in [0.2, 0.25) is 6.10 Å². The number of aryl methyl sites for hydroxylation is 1. The minimum Gasteiger partial charge on any atom is -0.495 e. The van der Waals surface area contributed by atoms with E-state index in [0.29, 0.717) is 17.0 Å². The minimum atomic E-state index is -1.42. The molecule has 3 aromatic carbocycles. The molecule has 188 valence electrons. The third-order valence-electron chi connectivity index (χ3n) is 5.18. The second-order valence-corrected chi connectivity index (χ2v) is 7.60. The van der Waals surface area contributed by atoms with Crippen molar-refractivity contribution in [2.24, 2.45) is 0 Å². The van der Waals surface area contributed by atoms with Crippen LogP contribution in [-0.4, -0.2) is 37.6 Å². The summed E-state index contributed by atoms with van der Waals surface area (Å²) in [6, 6.07) is 15.8. The lowest BCUT2D eigenvalue weighted by Gasteiger charge is -2.19. The Morgan fingerprint density at radius 1 is 0.972 bits per heavy atom. The third kappa shape index (κ3) is 5.90. The summed E-state index contributed by atoms with van der Waals surface area (Å²) >= 11 is 0. The van der Waals surface area contributed by atoms with Gasteiger partial charge in [0, 0.05) is 11.6 Å². The molecular weight excluding hydrogens is 468 g/mol. The fourth-order valence-electron chi connectivity index (χ4n) is 3.48. The second-order valence-electron chi connectivity index (χ2n) is 7.60. The van der Waals surface area contributed by atoms with Crippen molar-refractivity contribution in [3.05, 3.63) is 87.5 Å². The van der Waals surface area contributed by atoms with E-state index in [4.69, 9.17) is 18.9 Å². The largest absolute Gasteiger partial charge is 0.495 e. The highest BCUT2D eigenvalue weighted by atomic mass is 16.6. The lowest BCUT2D eigenvalue weighted by molar-refractivity contribution is -0.385. The molecule has 0 saturated heterocycles. The number of nitro groups is 1. The minimum absolute atomic E-state index is 0.0870. The number of benzene rings is 3. The smallest absolute Gasteiger partial charge is 0.346 e. The van der Waals surface area contributed by atoms with Crippen LogP contribution in [0.3, 0.4) is 0 Å². The van der Waals surface area contributed by atoms with E-state index in [-0.39, 0.29) is 23.7 Å². The number of methoxy groups -OCH3 is 2. The quantitative estimate of drug-likeness (QED) is 0.241. The van der Waals surface area contributed by atoms with Crippen LogP contribution in [0.2, 0.25) is 0 Å². The Hall–Kier alpha value is -4.60. The number of carbonyl (C=O) groups excluding carboxylic acids is 2. The summed E-state index contributed by atoms with van der Waals surface area (Å²) in [5.41, 5.74) is 0.695. The first-order valence-electron chi connectivity index (χ1n) is 11.0. The highest BCUT2D eigenvalue weighted by Gasteiger charge is 2.31. The molecule has 3 aromatic rings. The molecule has 0 aliphatic rings. The Labute approximate surface area is 207 Å². The van der Waals surface area contributed by atoms with Gasteiger partial charge in [-0.3, -0.25) is 14.9 Å². The van der Waals surface area contributed by atoms with Gasteiger partial charge < -0.3 is 24.3 Å². The number of hydrogen-bond donors (Lipinski definition) is 1. The van der Waals surface area contributed by atoms with E-state index < -0.39 is 28.6 Å². The lowest BCUT2D eigenvalue weighted by atomic mass is 10.1. The van der Waals surface area contributed by atoms with Gasteiger partial charge in [-0.1, -0.05) is 36.4 Å². The van der Waals surface area contributed by atoms with Crippen LogP contribution in [0.5, 0.6) is 17.2 Å². The van der Waals surface area contributed by atoms with Gasteiger partial charge in [0.25, 0.3) is 11.6 Å². The van der Waals surface area contributed by atoms with Crippen molar-refractivity contribution in [3.63, 3.8) is 0 Å². The Bertz CT molecular complexity index is 1260. The van der Waals surface area contributed by atoms with Crippen LogP contribution in [0.1, 0.15) is 34.5 Å². The molecule has 0 fully saturated rings. The number of esters is 1. The molecule has 0 heterocycles. The van der Waals surface area contributed by atoms with Crippen molar-refractivity contribution in [3.8, 4) is 17.2 Å². The molecule has 10 heteroatoms. The van der Waals surface area contributed by atoms with E-state index in [1.807, 2.05) is 13.0 Å². The van der Waals surface area contributed by atoms with E-state index in [1.165, 1.54) is 20.3 Å². The van der Waals surface area contributed by atoms with Crippen molar-refractivity contribution >= 4 is 23.3 Å². The van der Waals surface area contributed by atoms with E-state index >= 15 is 0 Å². The van der Waals surface area contributed by atoms with Crippen LogP contribution in [-0.2, 0) is 9.53 Å². The number of nitrogens with one attached hydrogen (secondary N) is 1. The van der Waals surface area contributed by atoms with Gasteiger partial charge in [-0.15, -0.1) is 0 Å². The number of carbonyl (C=O) groups is 2. The van der Waals surface area contributed by atoms with Gasteiger partial charge in [0.1, 0.15) is 11.3 Å². The molecule has 0 saturated carbocycles. The zero-order valence-electron chi connectivity index (χ0n) is 20.3. The molecule has 1 unspecified atom stereocenters. The van der Waals surface area contributed by atoms with Gasteiger partial charge in [-0.25, -0.2) is 4.79 Å². The van der Waals surface area contributed by atoms with Crippen LogP contribution in [0.4, 0.5) is 11.4 Å². The molecule has 10 nitrogen and oxygen atoms in total. The number of amides is 1. The molecule has 1 amide bonds. The summed E-state index contributed by atoms with van der Waals surface area (Å²) in [6.45, 7) is 3.80. The average Bonchev–Trinajstić information content (AvgIpc) is 2.87. The van der Waals surface area contributed by atoms with E-state index in [9.17, 15) is 19.7 Å². The standard InChI is InChI=1S/C26H26N2O8/c1-5-35-23-14-18(20(28(31)32)15-22(23)34-4)26(30)36-24(17-9-7-6-8-10-17)25(29)27-19-13-16(2)11-12-21(19)33-3/h6-15,24H,5H2,1-4H3,(H,27,29). The maximum atomic E-state index is 13.3. The first-order valence-corrected chi connectivity index (χ1v) is 11.0. The Morgan fingerprint density at radius 2 is 1.67 bits per heavy atom. The van der Waals surface area contributed by atoms with E-state index in [0.717, 1.165) is 11.6 Å². The molecule has 3 rings (SSSR count). The van der Waals surface area contributed by atoms with E-state index in [2.05, 4.69) is 5.32 Å². The topological polar surface area (TPSA) is 126 Å². The summed E-state index contributed by atoms with van der Waals surface area (Å²) < 4.78 is 21.5. The number of hydrogen-bond acceptors (Lipinski definition) is 8. The molecule has 0 bridgehead atoms. The molecular formula is C26H26N2O8. The normalized spacial score (nSPS) is 11.2. The maximum absolute atomic E-state index is 13.3. The number of anilines is 1. The number of ether oxygens (including phenoxy) is 4. The number of nitrogens with zero attached hydrogens (tertiary/aromatic N) is 1. The SMILES string of the molecule is CCOc1cc(C(=O)OC(C(=O)Nc2cc(C)ccc2OC)c2ccccc2)c([N+](=O)[O-])cc1OC. The fraction of sp³-hybridized carbons (Fsp3) is 0.231. The molecule has 0 spiro atoms. The van der Waals surface area contributed by atoms with Gasteiger partial charge in [-0.2, -0.15) is 0 Å². The van der Waals surface area contributed by atoms with Gasteiger partial charge in [-0.05, 0) is 31.5 Å². The summed E-state index contributed by atoms with van der Waals surface area (Å²) in [6.07, 6.45) is -1.42. The fourth-order valence-corrected chi connectivity index (χ4v) is 3.48. The molecule has 1 N–H and O–H groups in total. The zero-order valence-corrected chi connectivity index (χ0v) is 20.3. The summed E-state index contributed by atoms with van der Waals surface area (Å²) in [4.78, 5) is 37.5. The van der Waals surface area contributed by atoms with Gasteiger partial charge in [0.05, 0.1) is 37.5 Å². The van der Waals surface area contributed by atoms with Crippen molar-refractivity contribution in [1.82, 2.24) is 0 Å². The first kappa shape index (κ1) is 26.0. The summed E-state index contributed by atoms with van der Waals surface area (Å²) in [5.74, 6) is -1.11. The Kier molecular flexibility index (Phi) is 8.45. The summed E-state index contributed by atoms with van der Waals surface area (Å²) in [7, 11) is 2.79. The van der Waals surface area contributed by atoms with Crippen LogP contribution in [0.25, 0.3) is 0 Å². The van der Waals surface area contributed by atoms with Gasteiger partial charge >= 0.3 is 5.97 Å².